The van der Waals surface area contributed by atoms with Gasteiger partial charge >= 0.3 is 0 Å². The van der Waals surface area contributed by atoms with Crippen LogP contribution in [0.5, 0.6) is 0 Å². The van der Waals surface area contributed by atoms with E-state index in [0.717, 1.165) is 32.1 Å². The number of hydrogen-bond donors (Lipinski definition) is 0. The number of rotatable bonds is 4. The highest BCUT2D eigenvalue weighted by Crippen LogP contribution is 2.36. The Morgan fingerprint density at radius 3 is 1.46 bits per heavy atom. The second kappa shape index (κ2) is 9.03. The van der Waals surface area contributed by atoms with Crippen LogP contribution in [0.15, 0.2) is 109 Å². The van der Waals surface area contributed by atoms with Gasteiger partial charge in [0.25, 0.3) is 0 Å². The zero-order valence-electron chi connectivity index (χ0n) is 22.0. The molecule has 0 fully saturated rings. The lowest BCUT2D eigenvalue weighted by molar-refractivity contribution is 0.922. The first-order valence-corrected chi connectivity index (χ1v) is 14.1. The van der Waals surface area contributed by atoms with Gasteiger partial charge in [0.2, 0.25) is 0 Å². The molecule has 39 heavy (non-hydrogen) atoms. The van der Waals surface area contributed by atoms with Gasteiger partial charge in [0.1, 0.15) is 0 Å². The molecule has 0 saturated heterocycles. The van der Waals surface area contributed by atoms with Gasteiger partial charge in [-0.2, -0.15) is 0 Å². The Hall–Kier alpha value is -4.56. The molecular weight excluding hydrogens is 472 g/mol. The van der Waals surface area contributed by atoms with Crippen molar-refractivity contribution in [2.75, 3.05) is 0 Å². The van der Waals surface area contributed by atoms with E-state index in [2.05, 4.69) is 131 Å². The van der Waals surface area contributed by atoms with E-state index in [1.807, 2.05) is 0 Å². The maximum Gasteiger partial charge on any atom is 0.0541 e. The average Bonchev–Trinajstić information content (AvgIpc) is 3.51. The SMILES string of the molecule is C1=Cc2c(c3c(n2-c2ccc(Cc4ccc(-n5c6ccccc6c6ccccc65)cc4)cc2)C=CCC3)CC1. The zero-order valence-corrected chi connectivity index (χ0v) is 22.0. The van der Waals surface area contributed by atoms with E-state index in [1.54, 1.807) is 11.1 Å². The minimum absolute atomic E-state index is 0.926. The van der Waals surface area contributed by atoms with Crippen LogP contribution in [0.25, 0.3) is 45.3 Å². The number of allylic oxidation sites excluding steroid dienone is 2. The lowest BCUT2D eigenvalue weighted by Gasteiger charge is -2.14. The van der Waals surface area contributed by atoms with E-state index in [9.17, 15) is 0 Å². The Morgan fingerprint density at radius 1 is 0.487 bits per heavy atom. The summed E-state index contributed by atoms with van der Waals surface area (Å²) in [6.45, 7) is 0. The molecule has 0 bridgehead atoms. The second-order valence-corrected chi connectivity index (χ2v) is 10.8. The molecular formula is C37H30N2. The molecule has 0 N–H and O–H groups in total. The number of benzene rings is 4. The van der Waals surface area contributed by atoms with Crippen LogP contribution in [0.2, 0.25) is 0 Å². The van der Waals surface area contributed by atoms with Crippen molar-refractivity contribution >= 4 is 34.0 Å². The van der Waals surface area contributed by atoms with Crippen LogP contribution in [-0.2, 0) is 19.3 Å². The molecule has 6 aromatic rings. The van der Waals surface area contributed by atoms with Gasteiger partial charge in [-0.05, 0) is 103 Å². The van der Waals surface area contributed by atoms with Crippen molar-refractivity contribution in [1.29, 1.82) is 0 Å². The molecule has 2 heteroatoms. The fourth-order valence-electron chi connectivity index (χ4n) is 6.70. The summed E-state index contributed by atoms with van der Waals surface area (Å²) < 4.78 is 4.85. The summed E-state index contributed by atoms with van der Waals surface area (Å²) in [6.07, 6.45) is 14.9. The first-order valence-electron chi connectivity index (χ1n) is 14.1. The lowest BCUT2D eigenvalue weighted by Crippen LogP contribution is -2.02. The first kappa shape index (κ1) is 22.4. The molecule has 2 aliphatic carbocycles. The van der Waals surface area contributed by atoms with E-state index in [0.29, 0.717) is 0 Å². The summed E-state index contributed by atoms with van der Waals surface area (Å²) in [5, 5.41) is 2.60. The molecule has 188 valence electrons. The summed E-state index contributed by atoms with van der Waals surface area (Å²) in [5.74, 6) is 0. The molecule has 0 atom stereocenters. The highest BCUT2D eigenvalue weighted by atomic mass is 15.0. The van der Waals surface area contributed by atoms with Crippen LogP contribution in [0.4, 0.5) is 0 Å². The van der Waals surface area contributed by atoms with Crippen molar-refractivity contribution in [3.05, 3.63) is 143 Å². The van der Waals surface area contributed by atoms with Crippen molar-refractivity contribution in [3.8, 4) is 11.4 Å². The average molecular weight is 503 g/mol. The van der Waals surface area contributed by atoms with E-state index >= 15 is 0 Å². The maximum atomic E-state index is 2.47. The van der Waals surface area contributed by atoms with E-state index in [4.69, 9.17) is 0 Å². The second-order valence-electron chi connectivity index (χ2n) is 10.8. The molecule has 0 unspecified atom stereocenters. The summed E-state index contributed by atoms with van der Waals surface area (Å²) in [4.78, 5) is 0. The number of fused-ring (bicyclic) bond motifs is 6. The molecule has 2 heterocycles. The molecule has 0 amide bonds. The number of aromatic nitrogens is 2. The van der Waals surface area contributed by atoms with Crippen LogP contribution in [0.1, 0.15) is 46.5 Å². The Morgan fingerprint density at radius 2 is 0.949 bits per heavy atom. The molecule has 2 aromatic heterocycles. The minimum Gasteiger partial charge on any atom is -0.310 e. The summed E-state index contributed by atoms with van der Waals surface area (Å²) in [7, 11) is 0. The van der Waals surface area contributed by atoms with Crippen molar-refractivity contribution in [2.24, 2.45) is 0 Å². The predicted octanol–water partition coefficient (Wildman–Crippen LogP) is 9.08. The topological polar surface area (TPSA) is 9.86 Å². The molecule has 4 aromatic carbocycles. The minimum atomic E-state index is 0.926. The van der Waals surface area contributed by atoms with Crippen molar-refractivity contribution in [3.63, 3.8) is 0 Å². The van der Waals surface area contributed by atoms with E-state index in [-0.39, 0.29) is 0 Å². The Bertz CT molecular complexity index is 1810. The van der Waals surface area contributed by atoms with Crippen LogP contribution in [0.3, 0.4) is 0 Å². The van der Waals surface area contributed by atoms with Gasteiger partial charge in [0.15, 0.2) is 0 Å². The zero-order chi connectivity index (χ0) is 25.8. The number of nitrogens with zero attached hydrogens (tertiary/aromatic N) is 2. The van der Waals surface area contributed by atoms with E-state index in [1.165, 1.54) is 55.7 Å². The Kier molecular flexibility index (Phi) is 5.19. The summed E-state index contributed by atoms with van der Waals surface area (Å²) >= 11 is 0. The Labute approximate surface area is 229 Å². The smallest absolute Gasteiger partial charge is 0.0541 e. The molecule has 0 saturated carbocycles. The maximum absolute atomic E-state index is 2.47. The Balaban J connectivity index is 1.10. The predicted molar refractivity (Wildman–Crippen MR) is 164 cm³/mol. The fraction of sp³-hybridized carbons (Fsp3) is 0.135. The standard InChI is InChI=1S/C37H30N2/c1-5-13-34-30(9-1)31-10-2-6-14-35(31)38(34)28-21-17-26(18-22-28)25-27-19-23-29(24-20-27)39-36-15-7-3-11-32(36)33-12-4-8-16-37(33)39/h1-2,5-10,13-24H,3-4,11-12,25H2. The highest BCUT2D eigenvalue weighted by Gasteiger charge is 2.23. The molecule has 2 nitrogen and oxygen atoms in total. The largest absolute Gasteiger partial charge is 0.310 e. The van der Waals surface area contributed by atoms with Crippen LogP contribution >= 0.6 is 0 Å². The van der Waals surface area contributed by atoms with Gasteiger partial charge in [-0.25, -0.2) is 0 Å². The third-order valence-corrected chi connectivity index (χ3v) is 8.52. The first-order chi connectivity index (χ1) is 19.3. The molecule has 0 aliphatic heterocycles. The van der Waals surface area contributed by atoms with Gasteiger partial charge < -0.3 is 9.13 Å². The van der Waals surface area contributed by atoms with Gasteiger partial charge in [-0.15, -0.1) is 0 Å². The van der Waals surface area contributed by atoms with Gasteiger partial charge in [0.05, 0.1) is 11.0 Å². The van der Waals surface area contributed by atoms with Crippen molar-refractivity contribution in [2.45, 2.75) is 32.1 Å². The van der Waals surface area contributed by atoms with Crippen molar-refractivity contribution in [1.82, 2.24) is 9.13 Å². The van der Waals surface area contributed by atoms with Gasteiger partial charge in [0, 0.05) is 33.5 Å². The monoisotopic (exact) mass is 502 g/mol. The van der Waals surface area contributed by atoms with E-state index < -0.39 is 0 Å². The molecule has 0 spiro atoms. The molecule has 2 aliphatic rings. The van der Waals surface area contributed by atoms with Gasteiger partial charge in [-0.3, -0.25) is 0 Å². The molecule has 8 rings (SSSR count). The summed E-state index contributed by atoms with van der Waals surface area (Å²) in [5.41, 5.74) is 13.5. The third-order valence-electron chi connectivity index (χ3n) is 8.52. The third kappa shape index (κ3) is 3.63. The van der Waals surface area contributed by atoms with Crippen LogP contribution in [0, 0.1) is 0 Å². The van der Waals surface area contributed by atoms with Crippen molar-refractivity contribution < 1.29 is 0 Å². The lowest BCUT2D eigenvalue weighted by atomic mass is 9.94. The summed E-state index contributed by atoms with van der Waals surface area (Å²) in [6, 6.07) is 35.7. The number of para-hydroxylation sites is 2. The normalized spacial score (nSPS) is 14.2. The number of hydrogen-bond acceptors (Lipinski definition) is 0. The highest BCUT2D eigenvalue weighted by molar-refractivity contribution is 6.09. The van der Waals surface area contributed by atoms with Crippen LogP contribution < -0.4 is 0 Å². The fourth-order valence-corrected chi connectivity index (χ4v) is 6.70. The van der Waals surface area contributed by atoms with Crippen LogP contribution in [-0.4, -0.2) is 9.13 Å². The quantitative estimate of drug-likeness (QED) is 0.227. The van der Waals surface area contributed by atoms with Gasteiger partial charge in [-0.1, -0.05) is 72.8 Å². The molecule has 0 radical (unpaired) electrons.